The maximum absolute atomic E-state index is 5.16. The van der Waals surface area contributed by atoms with Crippen molar-refractivity contribution in [3.63, 3.8) is 0 Å². The highest BCUT2D eigenvalue weighted by Gasteiger charge is 2.20. The molecule has 1 unspecified atom stereocenters. The third kappa shape index (κ3) is 3.19. The van der Waals surface area contributed by atoms with Crippen LogP contribution in [0, 0.1) is 0 Å². The van der Waals surface area contributed by atoms with Gasteiger partial charge in [-0.05, 0) is 24.8 Å². The van der Waals surface area contributed by atoms with Gasteiger partial charge in [0.25, 0.3) is 0 Å². The monoisotopic (exact) mass is 176 g/mol. The number of epoxide rings is 1. The van der Waals surface area contributed by atoms with Crippen molar-refractivity contribution in [1.29, 1.82) is 0 Å². The molecule has 1 heteroatoms. The number of rotatable bonds is 5. The molecule has 0 radical (unpaired) electrons. The standard InChI is InChI=1S/C12H16O/c1-2-6-11(7-3-1)8-4-5-9-12-10-13-12/h1-3,6-7,12H,4-5,8-10H2. The highest BCUT2D eigenvalue weighted by molar-refractivity contribution is 5.14. The van der Waals surface area contributed by atoms with Crippen molar-refractivity contribution < 1.29 is 4.74 Å². The molecule has 0 bridgehead atoms. The first-order chi connectivity index (χ1) is 6.45. The van der Waals surface area contributed by atoms with E-state index >= 15 is 0 Å². The van der Waals surface area contributed by atoms with Gasteiger partial charge < -0.3 is 4.74 Å². The topological polar surface area (TPSA) is 12.5 Å². The largest absolute Gasteiger partial charge is 0.373 e. The number of benzene rings is 1. The summed E-state index contributed by atoms with van der Waals surface area (Å²) in [5.74, 6) is 0. The van der Waals surface area contributed by atoms with Crippen LogP contribution in [0.4, 0.5) is 0 Å². The fourth-order valence-corrected chi connectivity index (χ4v) is 1.58. The minimum atomic E-state index is 0.607. The Morgan fingerprint density at radius 1 is 1.15 bits per heavy atom. The Morgan fingerprint density at radius 3 is 2.62 bits per heavy atom. The zero-order valence-corrected chi connectivity index (χ0v) is 7.91. The molecule has 0 N–H and O–H groups in total. The quantitative estimate of drug-likeness (QED) is 0.496. The highest BCUT2D eigenvalue weighted by atomic mass is 16.6. The predicted molar refractivity (Wildman–Crippen MR) is 53.7 cm³/mol. The maximum atomic E-state index is 5.16. The Bertz CT molecular complexity index is 239. The van der Waals surface area contributed by atoms with E-state index in [0.717, 1.165) is 6.61 Å². The van der Waals surface area contributed by atoms with E-state index in [-0.39, 0.29) is 0 Å². The molecule has 1 aliphatic rings. The van der Waals surface area contributed by atoms with Crippen molar-refractivity contribution in [2.45, 2.75) is 31.8 Å². The van der Waals surface area contributed by atoms with Gasteiger partial charge in [-0.25, -0.2) is 0 Å². The van der Waals surface area contributed by atoms with Crippen LogP contribution < -0.4 is 0 Å². The molecule has 0 aromatic heterocycles. The second-order valence-electron chi connectivity index (χ2n) is 3.69. The predicted octanol–water partition coefficient (Wildman–Crippen LogP) is 2.80. The van der Waals surface area contributed by atoms with Gasteiger partial charge in [-0.15, -0.1) is 0 Å². The van der Waals surface area contributed by atoms with Crippen LogP contribution in [0.15, 0.2) is 30.3 Å². The number of hydrogen-bond acceptors (Lipinski definition) is 1. The van der Waals surface area contributed by atoms with Gasteiger partial charge in [0.2, 0.25) is 0 Å². The molecule has 1 aromatic carbocycles. The molecule has 2 rings (SSSR count). The molecule has 1 fully saturated rings. The summed E-state index contributed by atoms with van der Waals surface area (Å²) in [6.07, 6.45) is 5.68. The first-order valence-corrected chi connectivity index (χ1v) is 5.11. The van der Waals surface area contributed by atoms with Gasteiger partial charge in [-0.2, -0.15) is 0 Å². The molecular formula is C12H16O. The highest BCUT2D eigenvalue weighted by Crippen LogP contribution is 2.17. The number of aryl methyl sites for hydroxylation is 1. The second-order valence-corrected chi connectivity index (χ2v) is 3.69. The van der Waals surface area contributed by atoms with Crippen LogP contribution >= 0.6 is 0 Å². The van der Waals surface area contributed by atoms with Crippen molar-refractivity contribution in [3.8, 4) is 0 Å². The maximum Gasteiger partial charge on any atom is 0.0810 e. The molecule has 1 atom stereocenters. The van der Waals surface area contributed by atoms with E-state index in [0.29, 0.717) is 6.10 Å². The Hall–Kier alpha value is -0.820. The summed E-state index contributed by atoms with van der Waals surface area (Å²) >= 11 is 0. The van der Waals surface area contributed by atoms with Gasteiger partial charge in [-0.3, -0.25) is 0 Å². The van der Waals surface area contributed by atoms with E-state index < -0.39 is 0 Å². The van der Waals surface area contributed by atoms with Crippen LogP contribution in [0.25, 0.3) is 0 Å². The SMILES string of the molecule is c1ccc(CCCCC2CO2)cc1. The summed E-state index contributed by atoms with van der Waals surface area (Å²) in [7, 11) is 0. The number of ether oxygens (including phenoxy) is 1. The zero-order chi connectivity index (χ0) is 8.93. The molecule has 0 aliphatic carbocycles. The average Bonchev–Trinajstić information content (AvgIpc) is 2.98. The van der Waals surface area contributed by atoms with E-state index in [1.807, 2.05) is 0 Å². The Labute approximate surface area is 79.7 Å². The lowest BCUT2D eigenvalue weighted by Gasteiger charge is -1.99. The minimum absolute atomic E-state index is 0.607. The Kier molecular flexibility index (Phi) is 2.98. The van der Waals surface area contributed by atoms with Gasteiger partial charge in [0.05, 0.1) is 12.7 Å². The molecule has 1 heterocycles. The summed E-state index contributed by atoms with van der Waals surface area (Å²) < 4.78 is 5.16. The van der Waals surface area contributed by atoms with E-state index in [1.54, 1.807) is 0 Å². The van der Waals surface area contributed by atoms with Crippen LogP contribution in [0.1, 0.15) is 24.8 Å². The smallest absolute Gasteiger partial charge is 0.0810 e. The van der Waals surface area contributed by atoms with E-state index in [1.165, 1.54) is 31.2 Å². The molecular weight excluding hydrogens is 160 g/mol. The molecule has 0 spiro atoms. The third-order valence-electron chi connectivity index (χ3n) is 2.49. The normalized spacial score (nSPS) is 20.2. The zero-order valence-electron chi connectivity index (χ0n) is 7.91. The Balaban J connectivity index is 1.61. The van der Waals surface area contributed by atoms with Crippen molar-refractivity contribution in [3.05, 3.63) is 35.9 Å². The molecule has 1 nitrogen and oxygen atoms in total. The second kappa shape index (κ2) is 4.43. The summed E-state index contributed by atoms with van der Waals surface area (Å²) in [5.41, 5.74) is 1.46. The lowest BCUT2D eigenvalue weighted by Crippen LogP contribution is -1.88. The van der Waals surface area contributed by atoms with Gasteiger partial charge in [0.15, 0.2) is 0 Å². The summed E-state index contributed by atoms with van der Waals surface area (Å²) in [5, 5.41) is 0. The number of unbranched alkanes of at least 4 members (excludes halogenated alkanes) is 1. The summed E-state index contributed by atoms with van der Waals surface area (Å²) in [6, 6.07) is 10.7. The van der Waals surface area contributed by atoms with Crippen LogP contribution in [0.3, 0.4) is 0 Å². The molecule has 70 valence electrons. The molecule has 1 aromatic rings. The molecule has 13 heavy (non-hydrogen) atoms. The van der Waals surface area contributed by atoms with Crippen molar-refractivity contribution in [1.82, 2.24) is 0 Å². The first kappa shape index (κ1) is 8.76. The van der Waals surface area contributed by atoms with Gasteiger partial charge in [0.1, 0.15) is 0 Å². The van der Waals surface area contributed by atoms with Crippen LogP contribution in [-0.4, -0.2) is 12.7 Å². The molecule has 0 saturated carbocycles. The third-order valence-corrected chi connectivity index (χ3v) is 2.49. The van der Waals surface area contributed by atoms with Crippen molar-refractivity contribution in [2.75, 3.05) is 6.61 Å². The lowest BCUT2D eigenvalue weighted by atomic mass is 10.1. The minimum Gasteiger partial charge on any atom is -0.373 e. The first-order valence-electron chi connectivity index (χ1n) is 5.11. The van der Waals surface area contributed by atoms with E-state index in [2.05, 4.69) is 30.3 Å². The average molecular weight is 176 g/mol. The van der Waals surface area contributed by atoms with Crippen molar-refractivity contribution >= 4 is 0 Å². The van der Waals surface area contributed by atoms with Crippen LogP contribution in [0.2, 0.25) is 0 Å². The number of hydrogen-bond donors (Lipinski definition) is 0. The Morgan fingerprint density at radius 2 is 1.92 bits per heavy atom. The van der Waals surface area contributed by atoms with Crippen LogP contribution in [-0.2, 0) is 11.2 Å². The fourth-order valence-electron chi connectivity index (χ4n) is 1.58. The molecule has 1 aliphatic heterocycles. The lowest BCUT2D eigenvalue weighted by molar-refractivity contribution is 0.389. The van der Waals surface area contributed by atoms with Gasteiger partial charge in [0, 0.05) is 0 Å². The molecule has 0 amide bonds. The van der Waals surface area contributed by atoms with E-state index in [9.17, 15) is 0 Å². The summed E-state index contributed by atoms with van der Waals surface area (Å²) in [6.45, 7) is 1.01. The van der Waals surface area contributed by atoms with Gasteiger partial charge in [-0.1, -0.05) is 36.8 Å². The fraction of sp³-hybridized carbons (Fsp3) is 0.500. The van der Waals surface area contributed by atoms with E-state index in [4.69, 9.17) is 4.74 Å². The van der Waals surface area contributed by atoms with Crippen molar-refractivity contribution in [2.24, 2.45) is 0 Å². The van der Waals surface area contributed by atoms with Crippen LogP contribution in [0.5, 0.6) is 0 Å². The van der Waals surface area contributed by atoms with Gasteiger partial charge >= 0.3 is 0 Å². The summed E-state index contributed by atoms with van der Waals surface area (Å²) in [4.78, 5) is 0. The molecule has 1 saturated heterocycles.